The van der Waals surface area contributed by atoms with E-state index in [4.69, 9.17) is 11.6 Å². The van der Waals surface area contributed by atoms with Gasteiger partial charge in [0, 0.05) is 32.5 Å². The van der Waals surface area contributed by atoms with Crippen LogP contribution in [0.25, 0.3) is 0 Å². The van der Waals surface area contributed by atoms with Gasteiger partial charge in [0.05, 0.1) is 18.7 Å². The minimum Gasteiger partial charge on any atom is -0.308 e. The SMILES string of the molecule is Cn1cc(S(=O)(=O)N2CCC[C@@H](C(=O)Nc3nn(Cc4cccc(F)c4)cc3Cl)C2)cn1. The molecule has 1 saturated heterocycles. The Bertz CT molecular complexity index is 1240. The number of nitrogens with one attached hydrogen (secondary N) is 1. The third-order valence-electron chi connectivity index (χ3n) is 5.27. The van der Waals surface area contributed by atoms with Gasteiger partial charge in [-0.15, -0.1) is 0 Å². The van der Waals surface area contributed by atoms with E-state index in [1.54, 1.807) is 25.4 Å². The predicted molar refractivity (Wildman–Crippen MR) is 116 cm³/mol. The van der Waals surface area contributed by atoms with Gasteiger partial charge in [-0.05, 0) is 30.5 Å². The second-order valence-electron chi connectivity index (χ2n) is 7.69. The Morgan fingerprint density at radius 2 is 2.16 bits per heavy atom. The highest BCUT2D eigenvalue weighted by atomic mass is 35.5. The molecule has 32 heavy (non-hydrogen) atoms. The zero-order chi connectivity index (χ0) is 22.9. The average Bonchev–Trinajstić information content (AvgIpc) is 3.34. The molecule has 1 amide bonds. The molecule has 3 aromatic rings. The van der Waals surface area contributed by atoms with E-state index in [0.29, 0.717) is 24.9 Å². The van der Waals surface area contributed by atoms with Crippen molar-refractivity contribution in [1.29, 1.82) is 0 Å². The van der Waals surface area contributed by atoms with E-state index >= 15 is 0 Å². The van der Waals surface area contributed by atoms with E-state index < -0.39 is 15.9 Å². The van der Waals surface area contributed by atoms with Crippen LogP contribution in [0.1, 0.15) is 18.4 Å². The average molecular weight is 481 g/mol. The van der Waals surface area contributed by atoms with Crippen LogP contribution in [0.3, 0.4) is 0 Å². The van der Waals surface area contributed by atoms with Gasteiger partial charge in [-0.25, -0.2) is 12.8 Å². The van der Waals surface area contributed by atoms with Gasteiger partial charge >= 0.3 is 0 Å². The van der Waals surface area contributed by atoms with Crippen molar-refractivity contribution in [1.82, 2.24) is 23.9 Å². The number of rotatable bonds is 6. The first-order valence-electron chi connectivity index (χ1n) is 9.99. The molecule has 170 valence electrons. The summed E-state index contributed by atoms with van der Waals surface area (Å²) < 4.78 is 43.3. The Balaban J connectivity index is 1.43. The number of hydrogen-bond acceptors (Lipinski definition) is 5. The smallest absolute Gasteiger partial charge is 0.246 e. The van der Waals surface area contributed by atoms with Crippen molar-refractivity contribution in [3.8, 4) is 0 Å². The fraction of sp³-hybridized carbons (Fsp3) is 0.350. The zero-order valence-electron chi connectivity index (χ0n) is 17.3. The third kappa shape index (κ3) is 4.84. The van der Waals surface area contributed by atoms with E-state index in [-0.39, 0.29) is 40.5 Å². The second-order valence-corrected chi connectivity index (χ2v) is 10.0. The van der Waals surface area contributed by atoms with Crippen LogP contribution >= 0.6 is 11.6 Å². The summed E-state index contributed by atoms with van der Waals surface area (Å²) >= 11 is 6.22. The number of aryl methyl sites for hydroxylation is 1. The number of anilines is 1. The number of benzene rings is 1. The number of aromatic nitrogens is 4. The number of nitrogens with zero attached hydrogens (tertiary/aromatic N) is 5. The predicted octanol–water partition coefficient (Wildman–Crippen LogP) is 2.50. The Hall–Kier alpha value is -2.76. The van der Waals surface area contributed by atoms with Crippen molar-refractivity contribution in [3.05, 3.63) is 59.3 Å². The van der Waals surface area contributed by atoms with Gasteiger partial charge in [-0.3, -0.25) is 14.2 Å². The van der Waals surface area contributed by atoms with Crippen LogP contribution in [-0.4, -0.2) is 51.3 Å². The molecule has 1 aliphatic heterocycles. The van der Waals surface area contributed by atoms with E-state index in [9.17, 15) is 17.6 Å². The molecule has 3 heterocycles. The van der Waals surface area contributed by atoms with Crippen LogP contribution in [0.5, 0.6) is 0 Å². The lowest BCUT2D eigenvalue weighted by molar-refractivity contribution is -0.120. The van der Waals surface area contributed by atoms with Crippen molar-refractivity contribution in [2.45, 2.75) is 24.3 Å². The number of sulfonamides is 1. The summed E-state index contributed by atoms with van der Waals surface area (Å²) in [7, 11) is -2.09. The van der Waals surface area contributed by atoms with Crippen LogP contribution in [0.4, 0.5) is 10.2 Å². The Labute approximate surface area is 189 Å². The molecule has 4 rings (SSSR count). The summed E-state index contributed by atoms with van der Waals surface area (Å²) in [5.41, 5.74) is 0.700. The van der Waals surface area contributed by atoms with Crippen molar-refractivity contribution in [3.63, 3.8) is 0 Å². The lowest BCUT2D eigenvalue weighted by Gasteiger charge is -2.30. The molecule has 0 radical (unpaired) electrons. The monoisotopic (exact) mass is 480 g/mol. The summed E-state index contributed by atoms with van der Waals surface area (Å²) in [5, 5.41) is 11.1. The minimum absolute atomic E-state index is 0.0602. The Morgan fingerprint density at radius 1 is 1.34 bits per heavy atom. The highest BCUT2D eigenvalue weighted by Gasteiger charge is 2.34. The van der Waals surface area contributed by atoms with Gasteiger partial charge in [-0.2, -0.15) is 14.5 Å². The van der Waals surface area contributed by atoms with Gasteiger partial charge in [0.15, 0.2) is 5.82 Å². The summed E-state index contributed by atoms with van der Waals surface area (Å²) in [4.78, 5) is 12.9. The highest BCUT2D eigenvalue weighted by molar-refractivity contribution is 7.89. The maximum atomic E-state index is 13.4. The molecular weight excluding hydrogens is 459 g/mol. The van der Waals surface area contributed by atoms with Crippen LogP contribution in [-0.2, 0) is 28.4 Å². The van der Waals surface area contributed by atoms with Gasteiger partial charge in [0.1, 0.15) is 15.7 Å². The number of amides is 1. The van der Waals surface area contributed by atoms with Crippen LogP contribution < -0.4 is 5.32 Å². The van der Waals surface area contributed by atoms with E-state index in [1.807, 2.05) is 0 Å². The van der Waals surface area contributed by atoms with Crippen LogP contribution in [0.2, 0.25) is 5.02 Å². The van der Waals surface area contributed by atoms with Crippen molar-refractivity contribution >= 4 is 33.3 Å². The van der Waals surface area contributed by atoms with Crippen LogP contribution in [0.15, 0.2) is 47.8 Å². The molecule has 0 bridgehead atoms. The number of hydrogen-bond donors (Lipinski definition) is 1. The van der Waals surface area contributed by atoms with Gasteiger partial charge in [-0.1, -0.05) is 23.7 Å². The summed E-state index contributed by atoms with van der Waals surface area (Å²) in [6.07, 6.45) is 5.38. The van der Waals surface area contributed by atoms with Crippen molar-refractivity contribution in [2.24, 2.45) is 13.0 Å². The van der Waals surface area contributed by atoms with Gasteiger partial charge in [0.2, 0.25) is 15.9 Å². The number of carbonyl (C=O) groups is 1. The summed E-state index contributed by atoms with van der Waals surface area (Å²) in [6.45, 7) is 0.683. The molecule has 0 spiro atoms. The highest BCUT2D eigenvalue weighted by Crippen LogP contribution is 2.26. The summed E-state index contributed by atoms with van der Waals surface area (Å²) in [6, 6.07) is 6.11. The largest absolute Gasteiger partial charge is 0.308 e. The number of carbonyl (C=O) groups excluding carboxylic acids is 1. The normalized spacial score (nSPS) is 17.4. The van der Waals surface area contributed by atoms with E-state index in [1.165, 1.54) is 38.2 Å². The Morgan fingerprint density at radius 3 is 2.88 bits per heavy atom. The molecule has 1 aliphatic rings. The fourth-order valence-electron chi connectivity index (χ4n) is 3.66. The first-order chi connectivity index (χ1) is 15.2. The second kappa shape index (κ2) is 9.00. The fourth-order valence-corrected chi connectivity index (χ4v) is 5.37. The standard InChI is InChI=1S/C20H22ClFN6O3S/c1-26-12-17(9-23-26)32(30,31)28-7-3-5-15(11-28)20(29)24-19-18(21)13-27(25-19)10-14-4-2-6-16(22)8-14/h2,4,6,8-9,12-13,15H,3,5,7,10-11H2,1H3,(H,24,25,29)/t15-/m1/s1. The van der Waals surface area contributed by atoms with Gasteiger partial charge < -0.3 is 5.32 Å². The quantitative estimate of drug-likeness (QED) is 0.584. The topological polar surface area (TPSA) is 102 Å². The molecule has 0 unspecified atom stereocenters. The maximum Gasteiger partial charge on any atom is 0.246 e. The van der Waals surface area contributed by atoms with Crippen molar-refractivity contribution in [2.75, 3.05) is 18.4 Å². The lowest BCUT2D eigenvalue weighted by Crippen LogP contribution is -2.43. The molecule has 0 aliphatic carbocycles. The molecule has 1 atom stereocenters. The maximum absolute atomic E-state index is 13.4. The third-order valence-corrected chi connectivity index (χ3v) is 7.36. The number of halogens is 2. The summed E-state index contributed by atoms with van der Waals surface area (Å²) in [5.74, 6) is -1.06. The van der Waals surface area contributed by atoms with Crippen LogP contribution in [0, 0.1) is 11.7 Å². The number of piperidine rings is 1. The Kier molecular flexibility index (Phi) is 6.31. The molecule has 12 heteroatoms. The molecule has 2 aromatic heterocycles. The van der Waals surface area contributed by atoms with E-state index in [0.717, 1.165) is 0 Å². The first-order valence-corrected chi connectivity index (χ1v) is 11.8. The van der Waals surface area contributed by atoms with Crippen molar-refractivity contribution < 1.29 is 17.6 Å². The molecule has 1 aromatic carbocycles. The molecule has 1 fully saturated rings. The molecular formula is C20H22ClFN6O3S. The molecule has 1 N–H and O–H groups in total. The first kappa shape index (κ1) is 22.4. The molecule has 0 saturated carbocycles. The molecule has 9 nitrogen and oxygen atoms in total. The van der Waals surface area contributed by atoms with Gasteiger partial charge in [0.25, 0.3) is 0 Å². The lowest BCUT2D eigenvalue weighted by atomic mass is 9.99. The minimum atomic E-state index is -3.73. The van der Waals surface area contributed by atoms with E-state index in [2.05, 4.69) is 15.5 Å². The zero-order valence-corrected chi connectivity index (χ0v) is 18.9.